The number of rotatable bonds is 8. The Labute approximate surface area is 181 Å². The van der Waals surface area contributed by atoms with Crippen LogP contribution >= 0.6 is 0 Å². The van der Waals surface area contributed by atoms with Gasteiger partial charge < -0.3 is 4.74 Å². The van der Waals surface area contributed by atoms with Crippen molar-refractivity contribution in [2.75, 3.05) is 7.11 Å². The Kier molecular flexibility index (Phi) is 9.82. The van der Waals surface area contributed by atoms with E-state index in [-0.39, 0.29) is 18.1 Å². The molecule has 0 spiro atoms. The van der Waals surface area contributed by atoms with Gasteiger partial charge in [0.2, 0.25) is 0 Å². The summed E-state index contributed by atoms with van der Waals surface area (Å²) in [6, 6.07) is 31.1. The van der Waals surface area contributed by atoms with E-state index in [4.69, 9.17) is 4.74 Å². The fraction of sp³-hybridized carbons (Fsp3) is 0.296. The zero-order valence-electron chi connectivity index (χ0n) is 18.5. The number of hydrogen-bond donors (Lipinski definition) is 0. The Morgan fingerprint density at radius 2 is 1.27 bits per heavy atom. The second-order valence-corrected chi connectivity index (χ2v) is 6.95. The van der Waals surface area contributed by atoms with Gasteiger partial charge in [0.15, 0.2) is 0 Å². The van der Waals surface area contributed by atoms with Crippen LogP contribution in [0.5, 0.6) is 0 Å². The first-order valence-electron chi connectivity index (χ1n) is 10.7. The summed E-state index contributed by atoms with van der Waals surface area (Å²) in [6.45, 7) is 6.94. The summed E-state index contributed by atoms with van der Waals surface area (Å²) in [7, 11) is 1.45. The van der Waals surface area contributed by atoms with Gasteiger partial charge in [-0.1, -0.05) is 105 Å². The zero-order valence-corrected chi connectivity index (χ0v) is 18.5. The lowest BCUT2D eigenvalue weighted by Crippen LogP contribution is -2.33. The molecule has 3 heteroatoms. The van der Waals surface area contributed by atoms with Crippen molar-refractivity contribution < 1.29 is 9.53 Å². The standard InChI is InChI=1S/C25H27NO2.C2H6/c1-20(22-14-8-4-9-15-22)26(19-21-12-6-3-7-13-21)24(18-25(27)28-2)23-16-10-5-11-17-23;1-2/h3-17,20,24H,18-19H2,1-2H3;1-2H3. The second kappa shape index (κ2) is 12.6. The van der Waals surface area contributed by atoms with E-state index in [0.717, 1.165) is 12.1 Å². The van der Waals surface area contributed by atoms with E-state index in [9.17, 15) is 4.79 Å². The summed E-state index contributed by atoms with van der Waals surface area (Å²) in [4.78, 5) is 14.6. The van der Waals surface area contributed by atoms with E-state index in [2.05, 4.69) is 72.5 Å². The third-order valence-electron chi connectivity index (χ3n) is 5.16. The molecule has 0 aromatic heterocycles. The Balaban J connectivity index is 0.00000155. The first kappa shape index (κ1) is 23.4. The van der Waals surface area contributed by atoms with Gasteiger partial charge in [0.1, 0.15) is 0 Å². The third-order valence-corrected chi connectivity index (χ3v) is 5.16. The second-order valence-electron chi connectivity index (χ2n) is 6.95. The van der Waals surface area contributed by atoms with Gasteiger partial charge in [-0.3, -0.25) is 9.69 Å². The average Bonchev–Trinajstić information content (AvgIpc) is 2.83. The van der Waals surface area contributed by atoms with Gasteiger partial charge in [-0.15, -0.1) is 0 Å². The van der Waals surface area contributed by atoms with Crippen molar-refractivity contribution in [2.24, 2.45) is 0 Å². The van der Waals surface area contributed by atoms with Gasteiger partial charge in [0.25, 0.3) is 0 Å². The lowest BCUT2D eigenvalue weighted by molar-refractivity contribution is -0.142. The molecule has 3 rings (SSSR count). The van der Waals surface area contributed by atoms with Crippen molar-refractivity contribution in [2.45, 2.75) is 45.8 Å². The van der Waals surface area contributed by atoms with E-state index < -0.39 is 0 Å². The number of hydrogen-bond acceptors (Lipinski definition) is 3. The van der Waals surface area contributed by atoms with Crippen LogP contribution in [0.2, 0.25) is 0 Å². The van der Waals surface area contributed by atoms with Crippen molar-refractivity contribution in [3.8, 4) is 0 Å². The molecule has 0 radical (unpaired) electrons. The number of esters is 1. The molecule has 0 aliphatic carbocycles. The summed E-state index contributed by atoms with van der Waals surface area (Å²) in [5, 5.41) is 0. The Morgan fingerprint density at radius 3 is 1.77 bits per heavy atom. The minimum Gasteiger partial charge on any atom is -0.469 e. The van der Waals surface area contributed by atoms with E-state index >= 15 is 0 Å². The quantitative estimate of drug-likeness (QED) is 0.398. The molecule has 30 heavy (non-hydrogen) atoms. The Bertz CT molecular complexity index is 850. The summed E-state index contributed by atoms with van der Waals surface area (Å²) in [6.07, 6.45) is 0.310. The van der Waals surface area contributed by atoms with Crippen LogP contribution in [0.15, 0.2) is 91.0 Å². The highest BCUT2D eigenvalue weighted by Crippen LogP contribution is 2.34. The molecule has 0 N–H and O–H groups in total. The predicted molar refractivity (Wildman–Crippen MR) is 124 cm³/mol. The normalized spacial score (nSPS) is 12.4. The maximum atomic E-state index is 12.3. The molecule has 2 atom stereocenters. The van der Waals surface area contributed by atoms with Crippen LogP contribution in [-0.4, -0.2) is 18.0 Å². The Hall–Kier alpha value is -2.91. The summed E-state index contributed by atoms with van der Waals surface area (Å²) < 4.78 is 5.02. The predicted octanol–water partition coefficient (Wildman–Crippen LogP) is 6.58. The van der Waals surface area contributed by atoms with E-state index in [1.165, 1.54) is 18.2 Å². The third kappa shape index (κ3) is 6.57. The molecule has 0 saturated carbocycles. The van der Waals surface area contributed by atoms with Crippen molar-refractivity contribution in [1.82, 2.24) is 4.90 Å². The lowest BCUT2D eigenvalue weighted by Gasteiger charge is -2.37. The van der Waals surface area contributed by atoms with E-state index in [1.54, 1.807) is 0 Å². The van der Waals surface area contributed by atoms with Gasteiger partial charge in [0.05, 0.1) is 13.5 Å². The maximum Gasteiger partial charge on any atom is 0.307 e. The molecule has 0 amide bonds. The molecule has 0 saturated heterocycles. The highest BCUT2D eigenvalue weighted by Gasteiger charge is 2.28. The smallest absolute Gasteiger partial charge is 0.307 e. The molecule has 3 aromatic rings. The molecule has 3 aromatic carbocycles. The van der Waals surface area contributed by atoms with Crippen LogP contribution < -0.4 is 0 Å². The minimum atomic E-state index is -0.202. The van der Waals surface area contributed by atoms with Gasteiger partial charge in [-0.2, -0.15) is 0 Å². The van der Waals surface area contributed by atoms with Crippen LogP contribution in [0.3, 0.4) is 0 Å². The van der Waals surface area contributed by atoms with Gasteiger partial charge in [-0.05, 0) is 23.6 Å². The molecule has 0 fully saturated rings. The highest BCUT2D eigenvalue weighted by molar-refractivity contribution is 5.70. The molecule has 0 heterocycles. The highest BCUT2D eigenvalue weighted by atomic mass is 16.5. The van der Waals surface area contributed by atoms with Crippen LogP contribution in [-0.2, 0) is 16.1 Å². The lowest BCUT2D eigenvalue weighted by atomic mass is 9.96. The summed E-state index contributed by atoms with van der Waals surface area (Å²) >= 11 is 0. The maximum absolute atomic E-state index is 12.3. The number of carbonyl (C=O) groups excluding carboxylic acids is 1. The van der Waals surface area contributed by atoms with Gasteiger partial charge in [0, 0.05) is 18.6 Å². The van der Waals surface area contributed by atoms with Crippen LogP contribution in [0.25, 0.3) is 0 Å². The molecule has 0 bridgehead atoms. The number of benzene rings is 3. The fourth-order valence-corrected chi connectivity index (χ4v) is 3.58. The molecule has 3 nitrogen and oxygen atoms in total. The fourth-order valence-electron chi connectivity index (χ4n) is 3.58. The molecule has 2 unspecified atom stereocenters. The van der Waals surface area contributed by atoms with Crippen molar-refractivity contribution in [3.63, 3.8) is 0 Å². The van der Waals surface area contributed by atoms with Crippen LogP contribution in [0, 0.1) is 0 Å². The average molecular weight is 404 g/mol. The summed E-state index contributed by atoms with van der Waals surface area (Å²) in [5.74, 6) is -0.202. The molecular formula is C27H33NO2. The number of carbonyl (C=O) groups is 1. The first-order chi connectivity index (χ1) is 14.7. The zero-order chi connectivity index (χ0) is 21.8. The van der Waals surface area contributed by atoms with Crippen LogP contribution in [0.4, 0.5) is 0 Å². The van der Waals surface area contributed by atoms with E-state index in [1.807, 2.05) is 44.2 Å². The van der Waals surface area contributed by atoms with Gasteiger partial charge >= 0.3 is 5.97 Å². The number of nitrogens with zero attached hydrogens (tertiary/aromatic N) is 1. The number of methoxy groups -OCH3 is 1. The monoisotopic (exact) mass is 403 g/mol. The topological polar surface area (TPSA) is 29.5 Å². The molecule has 158 valence electrons. The largest absolute Gasteiger partial charge is 0.469 e. The van der Waals surface area contributed by atoms with E-state index in [0.29, 0.717) is 6.42 Å². The van der Waals surface area contributed by atoms with Crippen molar-refractivity contribution in [3.05, 3.63) is 108 Å². The first-order valence-corrected chi connectivity index (χ1v) is 10.7. The number of ether oxygens (including phenoxy) is 1. The van der Waals surface area contributed by atoms with Crippen molar-refractivity contribution in [1.29, 1.82) is 0 Å². The van der Waals surface area contributed by atoms with Crippen molar-refractivity contribution >= 4 is 5.97 Å². The molecule has 0 aliphatic rings. The summed E-state index contributed by atoms with van der Waals surface area (Å²) in [5.41, 5.74) is 3.56. The molecule has 0 aliphatic heterocycles. The van der Waals surface area contributed by atoms with Gasteiger partial charge in [-0.25, -0.2) is 0 Å². The van der Waals surface area contributed by atoms with Crippen LogP contribution in [0.1, 0.15) is 56.0 Å². The Morgan fingerprint density at radius 1 is 0.800 bits per heavy atom. The SMILES string of the molecule is CC.COC(=O)CC(c1ccccc1)N(Cc1ccccc1)C(C)c1ccccc1. The molecular weight excluding hydrogens is 370 g/mol. The minimum absolute atomic E-state index is 0.0796.